The van der Waals surface area contributed by atoms with E-state index >= 15 is 0 Å². The number of hydrogen-bond donors (Lipinski definition) is 0. The summed E-state index contributed by atoms with van der Waals surface area (Å²) >= 11 is 0. The summed E-state index contributed by atoms with van der Waals surface area (Å²) in [6.07, 6.45) is 4.40. The molecule has 2 rings (SSSR count). The zero-order valence-corrected chi connectivity index (χ0v) is 12.0. The molecule has 0 aliphatic carbocycles. The van der Waals surface area contributed by atoms with Crippen LogP contribution in [0.15, 0.2) is 66.4 Å². The Bertz CT molecular complexity index is 588. The topological polar surface area (TPSA) is 28.5 Å². The summed E-state index contributed by atoms with van der Waals surface area (Å²) in [5.41, 5.74) is 3.02. The Morgan fingerprint density at radius 2 is 1.80 bits per heavy atom. The van der Waals surface area contributed by atoms with Crippen LogP contribution in [0.5, 0.6) is 0 Å². The van der Waals surface area contributed by atoms with Crippen LogP contribution in [0.1, 0.15) is 18.9 Å². The Balaban J connectivity index is 2.45. The van der Waals surface area contributed by atoms with E-state index in [0.717, 1.165) is 29.2 Å². The molecule has 0 amide bonds. The maximum atomic E-state index is 4.39. The van der Waals surface area contributed by atoms with E-state index in [0.29, 0.717) is 0 Å². The molecule has 102 valence electrons. The van der Waals surface area contributed by atoms with Gasteiger partial charge in [-0.25, -0.2) is 0 Å². The first-order valence-corrected chi connectivity index (χ1v) is 6.68. The lowest BCUT2D eigenvalue weighted by Gasteiger charge is -2.27. The largest absolute Gasteiger partial charge is 0.299 e. The zero-order chi connectivity index (χ0) is 14.4. The van der Waals surface area contributed by atoms with E-state index in [1.807, 2.05) is 37.4 Å². The average molecular weight is 265 g/mol. The average Bonchev–Trinajstić information content (AvgIpc) is 2.53. The highest BCUT2D eigenvalue weighted by atomic mass is 15.2. The van der Waals surface area contributed by atoms with E-state index in [-0.39, 0.29) is 0 Å². The van der Waals surface area contributed by atoms with E-state index in [4.69, 9.17) is 0 Å². The van der Waals surface area contributed by atoms with Crippen molar-refractivity contribution in [3.8, 4) is 0 Å². The lowest BCUT2D eigenvalue weighted by molar-refractivity contribution is 1.16. The number of nitrogens with zero attached hydrogens (tertiary/aromatic N) is 3. The Hall–Kier alpha value is -2.42. The van der Waals surface area contributed by atoms with Gasteiger partial charge < -0.3 is 0 Å². The normalized spacial score (nSPS) is 11.2. The van der Waals surface area contributed by atoms with Crippen LogP contribution >= 0.6 is 0 Å². The van der Waals surface area contributed by atoms with Crippen LogP contribution in [0, 0.1) is 0 Å². The summed E-state index contributed by atoms with van der Waals surface area (Å²) < 4.78 is 0. The quantitative estimate of drug-likeness (QED) is 0.617. The number of pyridine rings is 1. The van der Waals surface area contributed by atoms with Crippen molar-refractivity contribution in [2.45, 2.75) is 13.3 Å². The number of amidine groups is 1. The molecular formula is C17H19N3. The van der Waals surface area contributed by atoms with Gasteiger partial charge in [0, 0.05) is 31.6 Å². The Labute approximate surface area is 120 Å². The molecule has 1 aromatic carbocycles. The molecule has 0 radical (unpaired) electrons. The monoisotopic (exact) mass is 265 g/mol. The van der Waals surface area contributed by atoms with E-state index in [1.165, 1.54) is 0 Å². The second-order valence-corrected chi connectivity index (χ2v) is 4.35. The van der Waals surface area contributed by atoms with Crippen molar-refractivity contribution in [2.75, 3.05) is 11.9 Å². The predicted molar refractivity (Wildman–Crippen MR) is 85.8 cm³/mol. The van der Waals surface area contributed by atoms with Crippen molar-refractivity contribution in [2.24, 2.45) is 4.99 Å². The molecule has 0 atom stereocenters. The minimum atomic E-state index is 0.838. The molecule has 0 fully saturated rings. The van der Waals surface area contributed by atoms with Crippen molar-refractivity contribution in [3.05, 3.63) is 67.0 Å². The molecule has 0 N–H and O–H groups in total. The standard InChI is InChI=1S/C17H19N3/c1-4-17(18-3)20(16-10-12-19-13-11-16)14(2)15-8-6-5-7-9-15/h5-13H,2,4H2,1,3H3. The van der Waals surface area contributed by atoms with Crippen LogP contribution < -0.4 is 4.90 Å². The van der Waals surface area contributed by atoms with Gasteiger partial charge in [0.25, 0.3) is 0 Å². The molecule has 2 aromatic rings. The van der Waals surface area contributed by atoms with Gasteiger partial charge in [-0.15, -0.1) is 0 Å². The number of anilines is 1. The van der Waals surface area contributed by atoms with Crippen molar-refractivity contribution in [3.63, 3.8) is 0 Å². The fourth-order valence-corrected chi connectivity index (χ4v) is 2.13. The van der Waals surface area contributed by atoms with Crippen LogP contribution in [0.3, 0.4) is 0 Å². The summed E-state index contributed by atoms with van der Waals surface area (Å²) in [7, 11) is 1.81. The molecule has 0 saturated heterocycles. The number of aliphatic imine (C=N–C) groups is 1. The van der Waals surface area contributed by atoms with E-state index in [1.54, 1.807) is 12.4 Å². The van der Waals surface area contributed by atoms with Gasteiger partial charge in [-0.3, -0.25) is 14.9 Å². The lowest BCUT2D eigenvalue weighted by atomic mass is 10.1. The summed E-state index contributed by atoms with van der Waals surface area (Å²) in [5.74, 6) is 0.977. The first kappa shape index (κ1) is 14.0. The molecule has 0 aliphatic rings. The SMILES string of the molecule is C=C(c1ccccc1)N(C(CC)=NC)c1ccncc1. The number of rotatable bonds is 4. The van der Waals surface area contributed by atoms with Crippen molar-refractivity contribution < 1.29 is 0 Å². The highest BCUT2D eigenvalue weighted by molar-refractivity contribution is 6.08. The minimum absolute atomic E-state index is 0.838. The summed E-state index contributed by atoms with van der Waals surface area (Å²) in [6, 6.07) is 14.1. The molecule has 3 nitrogen and oxygen atoms in total. The fraction of sp³-hybridized carbons (Fsp3) is 0.176. The van der Waals surface area contributed by atoms with Gasteiger partial charge >= 0.3 is 0 Å². The van der Waals surface area contributed by atoms with E-state index in [9.17, 15) is 0 Å². The van der Waals surface area contributed by atoms with Crippen LogP contribution in [0.4, 0.5) is 5.69 Å². The van der Waals surface area contributed by atoms with Gasteiger partial charge in [0.2, 0.25) is 0 Å². The molecule has 1 aromatic heterocycles. The minimum Gasteiger partial charge on any atom is -0.299 e. The van der Waals surface area contributed by atoms with Crippen molar-refractivity contribution in [1.82, 2.24) is 4.98 Å². The molecular weight excluding hydrogens is 246 g/mol. The van der Waals surface area contributed by atoms with Gasteiger partial charge in [-0.05, 0) is 17.7 Å². The smallest absolute Gasteiger partial charge is 0.107 e. The third kappa shape index (κ3) is 2.94. The lowest BCUT2D eigenvalue weighted by Crippen LogP contribution is -2.28. The highest BCUT2D eigenvalue weighted by Crippen LogP contribution is 2.25. The summed E-state index contributed by atoms with van der Waals surface area (Å²) in [6.45, 7) is 6.34. The molecule has 0 bridgehead atoms. The van der Waals surface area contributed by atoms with Gasteiger partial charge in [0.05, 0.1) is 5.69 Å². The first-order chi connectivity index (χ1) is 9.77. The molecule has 1 heterocycles. The summed E-state index contributed by atoms with van der Waals surface area (Å²) in [5, 5.41) is 0. The summed E-state index contributed by atoms with van der Waals surface area (Å²) in [4.78, 5) is 10.5. The molecule has 20 heavy (non-hydrogen) atoms. The van der Waals surface area contributed by atoms with Crippen molar-refractivity contribution in [1.29, 1.82) is 0 Å². The van der Waals surface area contributed by atoms with Crippen LogP contribution in [0.25, 0.3) is 5.70 Å². The van der Waals surface area contributed by atoms with Gasteiger partial charge in [-0.1, -0.05) is 43.8 Å². The zero-order valence-electron chi connectivity index (χ0n) is 12.0. The third-order valence-corrected chi connectivity index (χ3v) is 3.13. The number of hydrogen-bond acceptors (Lipinski definition) is 2. The van der Waals surface area contributed by atoms with Crippen molar-refractivity contribution >= 4 is 17.2 Å². The molecule has 0 aliphatic heterocycles. The first-order valence-electron chi connectivity index (χ1n) is 6.68. The fourth-order valence-electron chi connectivity index (χ4n) is 2.13. The van der Waals surface area contributed by atoms with Gasteiger partial charge in [0.15, 0.2) is 0 Å². The van der Waals surface area contributed by atoms with Gasteiger partial charge in [0.1, 0.15) is 5.84 Å². The molecule has 3 heteroatoms. The maximum absolute atomic E-state index is 4.39. The third-order valence-electron chi connectivity index (χ3n) is 3.13. The molecule has 0 saturated carbocycles. The maximum Gasteiger partial charge on any atom is 0.107 e. The predicted octanol–water partition coefficient (Wildman–Crippen LogP) is 4.00. The van der Waals surface area contributed by atoms with Crippen LogP contribution in [-0.4, -0.2) is 17.9 Å². The van der Waals surface area contributed by atoms with E-state index in [2.05, 4.69) is 40.5 Å². The second-order valence-electron chi connectivity index (χ2n) is 4.35. The van der Waals surface area contributed by atoms with Gasteiger partial charge in [-0.2, -0.15) is 0 Å². The number of benzene rings is 1. The molecule has 0 unspecified atom stereocenters. The number of aromatic nitrogens is 1. The second kappa shape index (κ2) is 6.66. The van der Waals surface area contributed by atoms with Crippen LogP contribution in [-0.2, 0) is 0 Å². The highest BCUT2D eigenvalue weighted by Gasteiger charge is 2.16. The Morgan fingerprint density at radius 1 is 1.15 bits per heavy atom. The van der Waals surface area contributed by atoms with Crippen LogP contribution in [0.2, 0.25) is 0 Å². The Kier molecular flexibility index (Phi) is 4.66. The Morgan fingerprint density at radius 3 is 2.35 bits per heavy atom. The van der Waals surface area contributed by atoms with E-state index < -0.39 is 0 Å². The molecule has 0 spiro atoms.